The lowest BCUT2D eigenvalue weighted by Crippen LogP contribution is -2.46. The molecule has 0 saturated carbocycles. The second-order valence-corrected chi connectivity index (χ2v) is 7.11. The molecular weight excluding hydrogens is 354 g/mol. The van der Waals surface area contributed by atoms with Crippen LogP contribution in [0.5, 0.6) is 0 Å². The van der Waals surface area contributed by atoms with Gasteiger partial charge in [0.15, 0.2) is 0 Å². The third-order valence-corrected chi connectivity index (χ3v) is 5.18. The Bertz CT molecular complexity index is 792. The number of aromatic carboxylic acids is 1. The Balaban J connectivity index is 1.51. The molecule has 28 heavy (non-hydrogen) atoms. The molecule has 0 radical (unpaired) electrons. The molecule has 1 saturated heterocycles. The van der Waals surface area contributed by atoms with Crippen LogP contribution in [-0.2, 0) is 13.1 Å². The maximum atomic E-state index is 12.7. The third kappa shape index (κ3) is 5.10. The van der Waals surface area contributed by atoms with Gasteiger partial charge in [-0.1, -0.05) is 42.5 Å². The lowest BCUT2D eigenvalue weighted by atomic mass is 10.1. The number of urea groups is 1. The van der Waals surface area contributed by atoms with Gasteiger partial charge >= 0.3 is 12.0 Å². The number of carbonyl (C=O) groups excluding carboxylic acids is 1. The van der Waals surface area contributed by atoms with Gasteiger partial charge in [-0.05, 0) is 36.6 Å². The first-order valence-electron chi connectivity index (χ1n) is 9.69. The summed E-state index contributed by atoms with van der Waals surface area (Å²) in [4.78, 5) is 27.9. The van der Waals surface area contributed by atoms with Crippen LogP contribution in [0.25, 0.3) is 0 Å². The molecule has 6 heteroatoms. The van der Waals surface area contributed by atoms with Gasteiger partial charge in [0.05, 0.1) is 5.56 Å². The van der Waals surface area contributed by atoms with Crippen LogP contribution in [0, 0.1) is 0 Å². The molecule has 1 aliphatic rings. The van der Waals surface area contributed by atoms with Crippen LogP contribution in [0.4, 0.5) is 4.79 Å². The fraction of sp³-hybridized carbons (Fsp3) is 0.364. The Morgan fingerprint density at radius 3 is 2.46 bits per heavy atom. The van der Waals surface area contributed by atoms with Crippen molar-refractivity contribution < 1.29 is 14.7 Å². The van der Waals surface area contributed by atoms with Gasteiger partial charge in [0, 0.05) is 38.8 Å². The normalized spacial score (nSPS) is 16.7. The minimum Gasteiger partial charge on any atom is -0.478 e. The smallest absolute Gasteiger partial charge is 0.335 e. The summed E-state index contributed by atoms with van der Waals surface area (Å²) in [7, 11) is 0. The van der Waals surface area contributed by atoms with E-state index in [0.29, 0.717) is 13.1 Å². The quantitative estimate of drug-likeness (QED) is 0.773. The van der Waals surface area contributed by atoms with Crippen molar-refractivity contribution in [3.8, 4) is 0 Å². The van der Waals surface area contributed by atoms with Crippen LogP contribution in [0.2, 0.25) is 0 Å². The van der Waals surface area contributed by atoms with Gasteiger partial charge in [0.2, 0.25) is 0 Å². The maximum absolute atomic E-state index is 12.7. The number of benzene rings is 2. The summed E-state index contributed by atoms with van der Waals surface area (Å²) in [5.74, 6) is -0.950. The summed E-state index contributed by atoms with van der Waals surface area (Å²) in [6.45, 7) is 5.82. The van der Waals surface area contributed by atoms with E-state index >= 15 is 0 Å². The summed E-state index contributed by atoms with van der Waals surface area (Å²) in [6.07, 6.45) is 0.974. The van der Waals surface area contributed by atoms with Crippen LogP contribution in [0.3, 0.4) is 0 Å². The minimum absolute atomic E-state index is 0.0728. The van der Waals surface area contributed by atoms with Crippen molar-refractivity contribution in [1.29, 1.82) is 0 Å². The standard InChI is InChI=1S/C22H27N3O3/c1-2-25(20-12-13-24(16-20)15-18-6-4-3-5-7-18)22(28)23-14-17-8-10-19(11-9-17)21(26)27/h3-11,20H,2,12-16H2,1H3,(H,23,28)(H,26,27). The Morgan fingerprint density at radius 2 is 1.82 bits per heavy atom. The number of carbonyl (C=O) groups is 2. The highest BCUT2D eigenvalue weighted by Crippen LogP contribution is 2.18. The average molecular weight is 381 g/mol. The molecule has 0 aromatic heterocycles. The van der Waals surface area contributed by atoms with E-state index in [9.17, 15) is 9.59 Å². The van der Waals surface area contributed by atoms with Crippen molar-refractivity contribution in [3.63, 3.8) is 0 Å². The van der Waals surface area contributed by atoms with Crippen molar-refractivity contribution in [2.24, 2.45) is 0 Å². The molecule has 0 spiro atoms. The van der Waals surface area contributed by atoms with Crippen molar-refractivity contribution >= 4 is 12.0 Å². The second-order valence-electron chi connectivity index (χ2n) is 7.11. The molecule has 2 amide bonds. The summed E-state index contributed by atoms with van der Waals surface area (Å²) < 4.78 is 0. The van der Waals surface area contributed by atoms with Crippen LogP contribution in [0.1, 0.15) is 34.8 Å². The first-order chi connectivity index (χ1) is 13.6. The van der Waals surface area contributed by atoms with Gasteiger partial charge < -0.3 is 15.3 Å². The average Bonchev–Trinajstić information content (AvgIpc) is 3.16. The summed E-state index contributed by atoms with van der Waals surface area (Å²) in [5, 5.41) is 11.9. The van der Waals surface area contributed by atoms with Crippen LogP contribution >= 0.6 is 0 Å². The zero-order chi connectivity index (χ0) is 19.9. The molecule has 3 rings (SSSR count). The molecule has 1 atom stereocenters. The monoisotopic (exact) mass is 381 g/mol. The number of nitrogens with zero attached hydrogens (tertiary/aromatic N) is 2. The van der Waals surface area contributed by atoms with E-state index in [1.165, 1.54) is 5.56 Å². The molecule has 148 valence electrons. The molecule has 1 fully saturated rings. The Hall–Kier alpha value is -2.86. The SMILES string of the molecule is CCN(C(=O)NCc1ccc(C(=O)O)cc1)C1CCN(Cc2ccccc2)C1. The second kappa shape index (κ2) is 9.37. The maximum Gasteiger partial charge on any atom is 0.335 e. The Morgan fingerprint density at radius 1 is 1.11 bits per heavy atom. The molecule has 1 unspecified atom stereocenters. The molecule has 0 aliphatic carbocycles. The highest BCUT2D eigenvalue weighted by Gasteiger charge is 2.29. The van der Waals surface area contributed by atoms with E-state index in [4.69, 9.17) is 5.11 Å². The van der Waals surface area contributed by atoms with Crippen molar-refractivity contribution in [2.45, 2.75) is 32.5 Å². The number of carboxylic acid groups (broad SMARTS) is 1. The fourth-order valence-corrected chi connectivity index (χ4v) is 3.66. The van der Waals surface area contributed by atoms with Gasteiger partial charge in [0.25, 0.3) is 0 Å². The van der Waals surface area contributed by atoms with Crippen LogP contribution in [-0.4, -0.2) is 52.6 Å². The van der Waals surface area contributed by atoms with Crippen molar-refractivity contribution in [3.05, 3.63) is 71.3 Å². The highest BCUT2D eigenvalue weighted by molar-refractivity contribution is 5.87. The highest BCUT2D eigenvalue weighted by atomic mass is 16.4. The van der Waals surface area contributed by atoms with E-state index in [1.54, 1.807) is 24.3 Å². The Labute approximate surface area is 165 Å². The molecule has 1 aliphatic heterocycles. The lowest BCUT2D eigenvalue weighted by Gasteiger charge is -2.28. The first kappa shape index (κ1) is 19.9. The molecule has 6 nitrogen and oxygen atoms in total. The minimum atomic E-state index is -0.950. The summed E-state index contributed by atoms with van der Waals surface area (Å²) in [5.41, 5.74) is 2.42. The summed E-state index contributed by atoms with van der Waals surface area (Å²) in [6, 6.07) is 17.1. The third-order valence-electron chi connectivity index (χ3n) is 5.18. The number of hydrogen-bond donors (Lipinski definition) is 2. The molecular formula is C22H27N3O3. The number of likely N-dealkylation sites (tertiary alicyclic amines) is 1. The topological polar surface area (TPSA) is 72.9 Å². The van der Waals surface area contributed by atoms with Gasteiger partial charge in [-0.25, -0.2) is 9.59 Å². The van der Waals surface area contributed by atoms with Crippen LogP contribution in [0.15, 0.2) is 54.6 Å². The van der Waals surface area contributed by atoms with E-state index in [-0.39, 0.29) is 17.6 Å². The van der Waals surface area contributed by atoms with E-state index < -0.39 is 5.97 Å². The lowest BCUT2D eigenvalue weighted by molar-refractivity contribution is 0.0697. The van der Waals surface area contributed by atoms with E-state index in [2.05, 4.69) is 34.5 Å². The molecule has 0 bridgehead atoms. The number of amides is 2. The number of nitrogens with one attached hydrogen (secondary N) is 1. The number of rotatable bonds is 7. The molecule has 2 aromatic carbocycles. The van der Waals surface area contributed by atoms with Crippen LogP contribution < -0.4 is 5.32 Å². The number of hydrogen-bond acceptors (Lipinski definition) is 3. The molecule has 1 heterocycles. The van der Waals surface area contributed by atoms with Gasteiger partial charge in [-0.15, -0.1) is 0 Å². The van der Waals surface area contributed by atoms with Gasteiger partial charge in [0.1, 0.15) is 0 Å². The number of likely N-dealkylation sites (N-methyl/N-ethyl adjacent to an activating group) is 1. The van der Waals surface area contributed by atoms with E-state index in [0.717, 1.165) is 31.6 Å². The largest absolute Gasteiger partial charge is 0.478 e. The van der Waals surface area contributed by atoms with Gasteiger partial charge in [-0.2, -0.15) is 0 Å². The van der Waals surface area contributed by atoms with Crippen molar-refractivity contribution in [1.82, 2.24) is 15.1 Å². The van der Waals surface area contributed by atoms with E-state index in [1.807, 2.05) is 17.9 Å². The number of carboxylic acids is 1. The zero-order valence-corrected chi connectivity index (χ0v) is 16.2. The summed E-state index contributed by atoms with van der Waals surface area (Å²) >= 11 is 0. The predicted octanol–water partition coefficient (Wildman–Crippen LogP) is 3.19. The van der Waals surface area contributed by atoms with Crippen molar-refractivity contribution in [2.75, 3.05) is 19.6 Å². The first-order valence-corrected chi connectivity index (χ1v) is 9.69. The Kier molecular flexibility index (Phi) is 6.66. The molecule has 2 N–H and O–H groups in total. The zero-order valence-electron chi connectivity index (χ0n) is 16.2. The van der Waals surface area contributed by atoms with Gasteiger partial charge in [-0.3, -0.25) is 4.90 Å². The fourth-order valence-electron chi connectivity index (χ4n) is 3.66. The molecule has 2 aromatic rings. The predicted molar refractivity (Wildman–Crippen MR) is 108 cm³/mol.